The lowest BCUT2D eigenvalue weighted by molar-refractivity contribution is -0.135. The lowest BCUT2D eigenvalue weighted by Gasteiger charge is -2.22. The van der Waals surface area contributed by atoms with Crippen molar-refractivity contribution in [1.29, 1.82) is 0 Å². The predicted molar refractivity (Wildman–Crippen MR) is 76.4 cm³/mol. The number of allylic oxidation sites excluding steroid dienone is 2. The number of carbonyl (C=O) groups is 3. The van der Waals surface area contributed by atoms with Crippen molar-refractivity contribution in [2.45, 2.75) is 52.6 Å². The van der Waals surface area contributed by atoms with Crippen LogP contribution < -0.4 is 0 Å². The number of carbonyl (C=O) groups excluding carboxylic acids is 3. The molecule has 1 atom stereocenters. The molecule has 0 fully saturated rings. The second-order valence-corrected chi connectivity index (χ2v) is 6.40. The number of ether oxygens (including phenoxy) is 1. The number of methoxy groups -OCH3 is 1. The first-order valence-electron chi connectivity index (χ1n) is 7.04. The van der Waals surface area contributed by atoms with E-state index in [2.05, 4.69) is 0 Å². The minimum atomic E-state index is -1.09. The standard InChI is InChI=1S/C16H24O4/c1-10(2)8-12(17)14-13(18)9-11(15(14)19)6-7-16(3,4)20-5/h9-10,14H,6-8H2,1-5H3. The van der Waals surface area contributed by atoms with Gasteiger partial charge in [-0.05, 0) is 38.7 Å². The highest BCUT2D eigenvalue weighted by atomic mass is 16.5. The molecule has 4 heteroatoms. The van der Waals surface area contributed by atoms with Gasteiger partial charge in [-0.15, -0.1) is 0 Å². The van der Waals surface area contributed by atoms with Crippen LogP contribution in [0.4, 0.5) is 0 Å². The monoisotopic (exact) mass is 280 g/mol. The van der Waals surface area contributed by atoms with Crippen LogP contribution in [-0.4, -0.2) is 30.1 Å². The second kappa shape index (κ2) is 6.44. The van der Waals surface area contributed by atoms with E-state index in [1.165, 1.54) is 6.08 Å². The van der Waals surface area contributed by atoms with Gasteiger partial charge in [-0.3, -0.25) is 14.4 Å². The minimum absolute atomic E-state index is 0.152. The van der Waals surface area contributed by atoms with E-state index in [-0.39, 0.29) is 35.3 Å². The Morgan fingerprint density at radius 2 is 1.95 bits per heavy atom. The Morgan fingerprint density at radius 3 is 2.45 bits per heavy atom. The van der Waals surface area contributed by atoms with Crippen molar-refractivity contribution in [3.8, 4) is 0 Å². The quantitative estimate of drug-likeness (QED) is 0.672. The summed E-state index contributed by atoms with van der Waals surface area (Å²) < 4.78 is 5.30. The molecule has 0 N–H and O–H groups in total. The predicted octanol–water partition coefficient (Wildman–Crippen LogP) is 2.50. The van der Waals surface area contributed by atoms with Crippen molar-refractivity contribution >= 4 is 17.3 Å². The Kier molecular flexibility index (Phi) is 5.40. The molecule has 1 unspecified atom stereocenters. The molecule has 1 aliphatic carbocycles. The molecule has 0 aliphatic heterocycles. The molecule has 1 aliphatic rings. The highest BCUT2D eigenvalue weighted by molar-refractivity contribution is 6.32. The third-order valence-corrected chi connectivity index (χ3v) is 3.66. The maximum atomic E-state index is 12.2. The topological polar surface area (TPSA) is 60.4 Å². The summed E-state index contributed by atoms with van der Waals surface area (Å²) in [5.41, 5.74) is 0.117. The summed E-state index contributed by atoms with van der Waals surface area (Å²) >= 11 is 0. The highest BCUT2D eigenvalue weighted by Crippen LogP contribution is 2.27. The van der Waals surface area contributed by atoms with E-state index in [0.717, 1.165) is 0 Å². The van der Waals surface area contributed by atoms with Crippen LogP contribution in [0.15, 0.2) is 11.6 Å². The van der Waals surface area contributed by atoms with Crippen LogP contribution in [0.5, 0.6) is 0 Å². The minimum Gasteiger partial charge on any atom is -0.379 e. The number of hydrogen-bond donors (Lipinski definition) is 0. The lowest BCUT2D eigenvalue weighted by Crippen LogP contribution is -2.28. The molecule has 112 valence electrons. The van der Waals surface area contributed by atoms with Gasteiger partial charge in [-0.25, -0.2) is 0 Å². The van der Waals surface area contributed by atoms with Crippen molar-refractivity contribution in [3.63, 3.8) is 0 Å². The molecule has 0 aromatic carbocycles. The summed E-state index contributed by atoms with van der Waals surface area (Å²) in [5, 5.41) is 0. The Balaban J connectivity index is 2.70. The molecule has 0 amide bonds. The summed E-state index contributed by atoms with van der Waals surface area (Å²) in [6.45, 7) is 7.65. The summed E-state index contributed by atoms with van der Waals surface area (Å²) in [6.07, 6.45) is 2.72. The number of Topliss-reactive ketones (excluding diaryl/α,β-unsaturated/α-hetero) is 2. The van der Waals surface area contributed by atoms with Gasteiger partial charge in [0.2, 0.25) is 0 Å². The average molecular weight is 280 g/mol. The van der Waals surface area contributed by atoms with Gasteiger partial charge >= 0.3 is 0 Å². The van der Waals surface area contributed by atoms with Gasteiger partial charge in [0.1, 0.15) is 5.92 Å². The fourth-order valence-electron chi connectivity index (χ4n) is 2.20. The summed E-state index contributed by atoms with van der Waals surface area (Å²) in [4.78, 5) is 36.0. The molecule has 20 heavy (non-hydrogen) atoms. The highest BCUT2D eigenvalue weighted by Gasteiger charge is 2.39. The van der Waals surface area contributed by atoms with E-state index in [4.69, 9.17) is 4.74 Å². The van der Waals surface area contributed by atoms with E-state index in [1.54, 1.807) is 7.11 Å². The molecular formula is C16H24O4. The lowest BCUT2D eigenvalue weighted by atomic mass is 9.90. The van der Waals surface area contributed by atoms with Crippen LogP contribution in [0.3, 0.4) is 0 Å². The first-order valence-corrected chi connectivity index (χ1v) is 7.04. The third kappa shape index (κ3) is 4.10. The van der Waals surface area contributed by atoms with Gasteiger partial charge in [-0.1, -0.05) is 13.8 Å². The van der Waals surface area contributed by atoms with Crippen LogP contribution in [-0.2, 0) is 19.1 Å². The van der Waals surface area contributed by atoms with Gasteiger partial charge < -0.3 is 4.74 Å². The molecule has 0 radical (unpaired) electrons. The third-order valence-electron chi connectivity index (χ3n) is 3.66. The number of hydrogen-bond acceptors (Lipinski definition) is 4. The van der Waals surface area contributed by atoms with E-state index >= 15 is 0 Å². The van der Waals surface area contributed by atoms with Crippen LogP contribution in [0.2, 0.25) is 0 Å². The van der Waals surface area contributed by atoms with Crippen molar-refractivity contribution in [2.24, 2.45) is 11.8 Å². The molecule has 0 aromatic heterocycles. The normalized spacial score (nSPS) is 19.7. The Hall–Kier alpha value is -1.29. The SMILES string of the molecule is COC(C)(C)CCC1=CC(=O)C(C(=O)CC(C)C)C1=O. The first-order chi connectivity index (χ1) is 9.18. The van der Waals surface area contributed by atoms with Gasteiger partial charge in [0.15, 0.2) is 17.3 Å². The van der Waals surface area contributed by atoms with Crippen LogP contribution in [0, 0.1) is 11.8 Å². The average Bonchev–Trinajstić information content (AvgIpc) is 2.61. The van der Waals surface area contributed by atoms with Gasteiger partial charge in [0.25, 0.3) is 0 Å². The van der Waals surface area contributed by atoms with Crippen LogP contribution in [0.1, 0.15) is 47.0 Å². The molecule has 0 saturated heterocycles. The fraction of sp³-hybridized carbons (Fsp3) is 0.688. The zero-order chi connectivity index (χ0) is 15.5. The maximum absolute atomic E-state index is 12.2. The smallest absolute Gasteiger partial charge is 0.177 e. The Morgan fingerprint density at radius 1 is 1.35 bits per heavy atom. The molecule has 0 aromatic rings. The van der Waals surface area contributed by atoms with Gasteiger partial charge in [-0.2, -0.15) is 0 Å². The van der Waals surface area contributed by atoms with E-state index in [9.17, 15) is 14.4 Å². The second-order valence-electron chi connectivity index (χ2n) is 6.40. The molecule has 0 spiro atoms. The van der Waals surface area contributed by atoms with Crippen molar-refractivity contribution in [1.82, 2.24) is 0 Å². The maximum Gasteiger partial charge on any atom is 0.177 e. The molecule has 4 nitrogen and oxygen atoms in total. The summed E-state index contributed by atoms with van der Waals surface area (Å²) in [5.74, 6) is -1.86. The Labute approximate surface area is 120 Å². The zero-order valence-corrected chi connectivity index (χ0v) is 13.0. The molecular weight excluding hydrogens is 256 g/mol. The molecule has 0 saturated carbocycles. The number of ketones is 3. The first kappa shape index (κ1) is 16.8. The molecule has 1 rings (SSSR count). The largest absolute Gasteiger partial charge is 0.379 e. The van der Waals surface area contributed by atoms with Gasteiger partial charge in [0, 0.05) is 19.1 Å². The summed E-state index contributed by atoms with van der Waals surface area (Å²) in [7, 11) is 1.62. The fourth-order valence-corrected chi connectivity index (χ4v) is 2.20. The van der Waals surface area contributed by atoms with E-state index in [1.807, 2.05) is 27.7 Å². The zero-order valence-electron chi connectivity index (χ0n) is 13.0. The Bertz CT molecular complexity index is 443. The van der Waals surface area contributed by atoms with Crippen molar-refractivity contribution in [3.05, 3.63) is 11.6 Å². The van der Waals surface area contributed by atoms with Crippen LogP contribution in [0.25, 0.3) is 0 Å². The van der Waals surface area contributed by atoms with E-state index < -0.39 is 5.92 Å². The molecule has 0 heterocycles. The van der Waals surface area contributed by atoms with Gasteiger partial charge in [0.05, 0.1) is 5.60 Å². The molecule has 0 bridgehead atoms. The van der Waals surface area contributed by atoms with Crippen LogP contribution >= 0.6 is 0 Å². The number of rotatable bonds is 7. The van der Waals surface area contributed by atoms with E-state index in [0.29, 0.717) is 18.4 Å². The van der Waals surface area contributed by atoms with Crippen molar-refractivity contribution in [2.75, 3.05) is 7.11 Å². The summed E-state index contributed by atoms with van der Waals surface area (Å²) in [6, 6.07) is 0. The van der Waals surface area contributed by atoms with Crippen molar-refractivity contribution < 1.29 is 19.1 Å².